The molecule has 2 amide bonds. The zero-order valence-electron chi connectivity index (χ0n) is 13.6. The standard InChI is InChI=1S/C17H22N6O/c24-17(19-14-4-2-1-3-5-14)22-9-6-13(7-10-22)16-21-20-15-12-18-8-11-23(15)16/h1-5,13,18H,6-12H2,(H,19,24). The van der Waals surface area contributed by atoms with Crippen LogP contribution in [0.2, 0.25) is 0 Å². The highest BCUT2D eigenvalue weighted by Crippen LogP contribution is 2.28. The van der Waals surface area contributed by atoms with Gasteiger partial charge in [0.25, 0.3) is 0 Å². The predicted octanol–water partition coefficient (Wildman–Crippen LogP) is 1.79. The average Bonchev–Trinajstić information content (AvgIpc) is 3.07. The summed E-state index contributed by atoms with van der Waals surface area (Å²) in [5, 5.41) is 15.0. The van der Waals surface area contributed by atoms with E-state index in [1.807, 2.05) is 35.2 Å². The summed E-state index contributed by atoms with van der Waals surface area (Å²) in [5.41, 5.74) is 0.837. The number of aromatic nitrogens is 3. The van der Waals surface area contributed by atoms with Crippen molar-refractivity contribution in [3.63, 3.8) is 0 Å². The number of carbonyl (C=O) groups is 1. The second-order valence-electron chi connectivity index (χ2n) is 6.36. The first-order valence-electron chi connectivity index (χ1n) is 8.55. The highest BCUT2D eigenvalue weighted by Gasteiger charge is 2.28. The summed E-state index contributed by atoms with van der Waals surface area (Å²) in [6, 6.07) is 9.57. The van der Waals surface area contributed by atoms with Crippen molar-refractivity contribution in [2.45, 2.75) is 31.8 Å². The molecule has 0 saturated carbocycles. The molecule has 2 aromatic rings. The molecule has 24 heavy (non-hydrogen) atoms. The van der Waals surface area contributed by atoms with Crippen LogP contribution in [-0.4, -0.2) is 45.3 Å². The zero-order valence-corrected chi connectivity index (χ0v) is 13.6. The number of para-hydroxylation sites is 1. The van der Waals surface area contributed by atoms with Crippen LogP contribution in [0.1, 0.15) is 30.4 Å². The Hall–Kier alpha value is -2.41. The van der Waals surface area contributed by atoms with Crippen LogP contribution in [0, 0.1) is 0 Å². The SMILES string of the molecule is O=C(Nc1ccccc1)N1CCC(c2nnc3n2CCNC3)CC1. The third-order valence-corrected chi connectivity index (χ3v) is 4.82. The summed E-state index contributed by atoms with van der Waals surface area (Å²) in [4.78, 5) is 14.3. The molecule has 2 aliphatic rings. The molecule has 0 spiro atoms. The molecule has 0 unspecified atom stereocenters. The van der Waals surface area contributed by atoms with Gasteiger partial charge in [0.15, 0.2) is 0 Å². The van der Waals surface area contributed by atoms with Crippen molar-refractivity contribution in [2.24, 2.45) is 0 Å². The van der Waals surface area contributed by atoms with Crippen molar-refractivity contribution in [1.29, 1.82) is 0 Å². The highest BCUT2D eigenvalue weighted by molar-refractivity contribution is 5.89. The maximum Gasteiger partial charge on any atom is 0.321 e. The second-order valence-corrected chi connectivity index (χ2v) is 6.36. The fraction of sp³-hybridized carbons (Fsp3) is 0.471. The van der Waals surface area contributed by atoms with Crippen molar-refractivity contribution in [3.05, 3.63) is 42.0 Å². The summed E-state index contributed by atoms with van der Waals surface area (Å²) in [6.45, 7) is 4.21. The normalized spacial score (nSPS) is 18.2. The number of nitrogens with one attached hydrogen (secondary N) is 2. The smallest absolute Gasteiger partial charge is 0.321 e. The maximum atomic E-state index is 12.4. The summed E-state index contributed by atoms with van der Waals surface area (Å²) in [6.07, 6.45) is 1.88. The fourth-order valence-corrected chi connectivity index (χ4v) is 3.48. The van der Waals surface area contributed by atoms with E-state index in [9.17, 15) is 4.79 Å². The number of likely N-dealkylation sites (tertiary alicyclic amines) is 1. The van der Waals surface area contributed by atoms with E-state index in [-0.39, 0.29) is 6.03 Å². The lowest BCUT2D eigenvalue weighted by Gasteiger charge is -2.32. The average molecular weight is 326 g/mol. The van der Waals surface area contributed by atoms with E-state index in [2.05, 4.69) is 25.4 Å². The zero-order chi connectivity index (χ0) is 16.4. The first kappa shape index (κ1) is 15.1. The van der Waals surface area contributed by atoms with Crippen LogP contribution in [0.25, 0.3) is 0 Å². The number of benzene rings is 1. The summed E-state index contributed by atoms with van der Waals surface area (Å²) >= 11 is 0. The lowest BCUT2D eigenvalue weighted by Crippen LogP contribution is -2.41. The van der Waals surface area contributed by atoms with Gasteiger partial charge in [0, 0.05) is 37.8 Å². The summed E-state index contributed by atoms with van der Waals surface area (Å²) < 4.78 is 2.25. The minimum absolute atomic E-state index is 0.0212. The van der Waals surface area contributed by atoms with Crippen molar-refractivity contribution in [2.75, 3.05) is 25.0 Å². The Balaban J connectivity index is 1.37. The van der Waals surface area contributed by atoms with Gasteiger partial charge in [-0.05, 0) is 25.0 Å². The van der Waals surface area contributed by atoms with Crippen molar-refractivity contribution >= 4 is 11.7 Å². The Labute approximate surface area is 141 Å². The molecule has 1 fully saturated rings. The van der Waals surface area contributed by atoms with E-state index in [0.29, 0.717) is 5.92 Å². The fourth-order valence-electron chi connectivity index (χ4n) is 3.48. The molecular weight excluding hydrogens is 304 g/mol. The first-order valence-corrected chi connectivity index (χ1v) is 8.55. The van der Waals surface area contributed by atoms with Gasteiger partial charge in [-0.3, -0.25) is 0 Å². The third-order valence-electron chi connectivity index (χ3n) is 4.82. The minimum Gasteiger partial charge on any atom is -0.324 e. The number of carbonyl (C=O) groups excluding carboxylic acids is 1. The van der Waals surface area contributed by atoms with Gasteiger partial charge in [-0.25, -0.2) is 4.79 Å². The molecule has 3 heterocycles. The molecule has 1 aromatic carbocycles. The van der Waals surface area contributed by atoms with Crippen LogP contribution in [0.4, 0.5) is 10.5 Å². The van der Waals surface area contributed by atoms with Crippen LogP contribution in [0.5, 0.6) is 0 Å². The molecule has 2 N–H and O–H groups in total. The monoisotopic (exact) mass is 326 g/mol. The molecule has 0 atom stereocenters. The number of hydrogen-bond donors (Lipinski definition) is 2. The molecule has 7 heteroatoms. The van der Waals surface area contributed by atoms with Gasteiger partial charge >= 0.3 is 6.03 Å². The Morgan fingerprint density at radius 1 is 1.12 bits per heavy atom. The van der Waals surface area contributed by atoms with Gasteiger partial charge in [-0.2, -0.15) is 0 Å². The third kappa shape index (κ3) is 2.99. The van der Waals surface area contributed by atoms with Gasteiger partial charge in [0.2, 0.25) is 0 Å². The van der Waals surface area contributed by atoms with E-state index in [4.69, 9.17) is 0 Å². The largest absolute Gasteiger partial charge is 0.324 e. The Kier molecular flexibility index (Phi) is 4.17. The number of nitrogens with zero attached hydrogens (tertiary/aromatic N) is 4. The van der Waals surface area contributed by atoms with E-state index in [0.717, 1.165) is 62.9 Å². The summed E-state index contributed by atoms with van der Waals surface area (Å²) in [5.74, 6) is 2.51. The Bertz CT molecular complexity index is 705. The minimum atomic E-state index is -0.0212. The lowest BCUT2D eigenvalue weighted by atomic mass is 9.96. The number of piperidine rings is 1. The molecule has 7 nitrogen and oxygen atoms in total. The number of urea groups is 1. The number of amides is 2. The van der Waals surface area contributed by atoms with Gasteiger partial charge in [-0.1, -0.05) is 18.2 Å². The number of fused-ring (bicyclic) bond motifs is 1. The van der Waals surface area contributed by atoms with Crippen LogP contribution < -0.4 is 10.6 Å². The quantitative estimate of drug-likeness (QED) is 0.882. The van der Waals surface area contributed by atoms with Crippen LogP contribution in [0.15, 0.2) is 30.3 Å². The van der Waals surface area contributed by atoms with Crippen LogP contribution >= 0.6 is 0 Å². The Morgan fingerprint density at radius 3 is 2.71 bits per heavy atom. The van der Waals surface area contributed by atoms with Gasteiger partial charge in [0.1, 0.15) is 11.6 Å². The first-order chi connectivity index (χ1) is 11.8. The van der Waals surface area contributed by atoms with Crippen LogP contribution in [0.3, 0.4) is 0 Å². The molecule has 0 radical (unpaired) electrons. The van der Waals surface area contributed by atoms with Gasteiger partial charge < -0.3 is 20.1 Å². The molecule has 1 saturated heterocycles. The molecule has 2 aliphatic heterocycles. The molecule has 0 aliphatic carbocycles. The van der Waals surface area contributed by atoms with Gasteiger partial charge in [-0.15, -0.1) is 10.2 Å². The lowest BCUT2D eigenvalue weighted by molar-refractivity contribution is 0.192. The highest BCUT2D eigenvalue weighted by atomic mass is 16.2. The molecule has 4 rings (SSSR count). The molecule has 0 bridgehead atoms. The van der Waals surface area contributed by atoms with E-state index < -0.39 is 0 Å². The number of anilines is 1. The molecule has 126 valence electrons. The molecular formula is C17H22N6O. The van der Waals surface area contributed by atoms with E-state index in [1.54, 1.807) is 0 Å². The van der Waals surface area contributed by atoms with Crippen molar-refractivity contribution < 1.29 is 4.79 Å². The molecule has 1 aromatic heterocycles. The van der Waals surface area contributed by atoms with Crippen molar-refractivity contribution in [1.82, 2.24) is 25.0 Å². The van der Waals surface area contributed by atoms with Crippen LogP contribution in [-0.2, 0) is 13.1 Å². The topological polar surface area (TPSA) is 75.1 Å². The van der Waals surface area contributed by atoms with Gasteiger partial charge in [0.05, 0.1) is 6.54 Å². The second kappa shape index (κ2) is 6.60. The summed E-state index contributed by atoms with van der Waals surface area (Å²) in [7, 11) is 0. The predicted molar refractivity (Wildman–Crippen MR) is 90.7 cm³/mol. The Morgan fingerprint density at radius 2 is 1.92 bits per heavy atom. The van der Waals surface area contributed by atoms with E-state index in [1.165, 1.54) is 0 Å². The maximum absolute atomic E-state index is 12.4. The number of hydrogen-bond acceptors (Lipinski definition) is 4. The van der Waals surface area contributed by atoms with E-state index >= 15 is 0 Å². The number of rotatable bonds is 2. The van der Waals surface area contributed by atoms with Crippen molar-refractivity contribution in [3.8, 4) is 0 Å².